The van der Waals surface area contributed by atoms with Crippen LogP contribution in [-0.2, 0) is 0 Å². The molecule has 1 aromatic rings. The quantitative estimate of drug-likeness (QED) is 0.803. The van der Waals surface area contributed by atoms with Crippen molar-refractivity contribution in [3.8, 4) is 0 Å². The van der Waals surface area contributed by atoms with Crippen molar-refractivity contribution >= 4 is 0 Å². The molecule has 0 spiro atoms. The fraction of sp³-hybridized carbons (Fsp3) is 0.625. The predicted molar refractivity (Wildman–Crippen MR) is 77.4 cm³/mol. The average Bonchev–Trinajstić information content (AvgIpc) is 2.33. The first kappa shape index (κ1) is 17.1. The summed E-state index contributed by atoms with van der Waals surface area (Å²) in [5.74, 6) is 0.249. The van der Waals surface area contributed by atoms with Crippen LogP contribution in [0.15, 0.2) is 18.2 Å². The van der Waals surface area contributed by atoms with Crippen LogP contribution in [0, 0.1) is 29.4 Å². The molecule has 0 saturated carbocycles. The number of rotatable bonds is 7. The lowest BCUT2D eigenvalue weighted by Gasteiger charge is -2.25. The molecule has 1 unspecified atom stereocenters. The number of nitrogens with one attached hydrogen (secondary N) is 1. The van der Waals surface area contributed by atoms with Crippen molar-refractivity contribution in [2.75, 3.05) is 13.1 Å². The minimum Gasteiger partial charge on any atom is -0.387 e. The van der Waals surface area contributed by atoms with Gasteiger partial charge in [0.05, 0.1) is 6.10 Å². The van der Waals surface area contributed by atoms with E-state index >= 15 is 0 Å². The summed E-state index contributed by atoms with van der Waals surface area (Å²) < 4.78 is 26.3. The second-order valence-corrected chi connectivity index (χ2v) is 5.99. The summed E-state index contributed by atoms with van der Waals surface area (Å²) in [6.45, 7) is 9.71. The first-order valence-electron chi connectivity index (χ1n) is 7.16. The lowest BCUT2D eigenvalue weighted by Crippen LogP contribution is -2.32. The van der Waals surface area contributed by atoms with Crippen molar-refractivity contribution in [2.24, 2.45) is 17.8 Å². The van der Waals surface area contributed by atoms with Gasteiger partial charge in [0.15, 0.2) is 0 Å². The molecule has 0 bridgehead atoms. The van der Waals surface area contributed by atoms with Crippen LogP contribution in [0.3, 0.4) is 0 Å². The van der Waals surface area contributed by atoms with Gasteiger partial charge in [-0.1, -0.05) is 33.8 Å². The lowest BCUT2D eigenvalue weighted by molar-refractivity contribution is 0.162. The van der Waals surface area contributed by atoms with E-state index in [4.69, 9.17) is 0 Å². The van der Waals surface area contributed by atoms with E-state index in [1.165, 1.54) is 6.07 Å². The van der Waals surface area contributed by atoms with Crippen molar-refractivity contribution in [2.45, 2.75) is 33.8 Å². The number of benzene rings is 1. The van der Waals surface area contributed by atoms with E-state index in [9.17, 15) is 13.9 Å². The van der Waals surface area contributed by atoms with E-state index in [1.54, 1.807) is 0 Å². The third-order valence-corrected chi connectivity index (χ3v) is 3.75. The third-order valence-electron chi connectivity index (χ3n) is 3.75. The Morgan fingerprint density at radius 3 is 2.15 bits per heavy atom. The van der Waals surface area contributed by atoms with Crippen LogP contribution < -0.4 is 5.32 Å². The fourth-order valence-electron chi connectivity index (χ4n) is 2.51. The van der Waals surface area contributed by atoms with Crippen molar-refractivity contribution < 1.29 is 13.9 Å². The summed E-state index contributed by atoms with van der Waals surface area (Å²) in [4.78, 5) is 0. The van der Waals surface area contributed by atoms with Gasteiger partial charge >= 0.3 is 0 Å². The monoisotopic (exact) mass is 285 g/mol. The molecule has 0 aliphatic heterocycles. The van der Waals surface area contributed by atoms with Crippen molar-refractivity contribution in [3.05, 3.63) is 35.4 Å². The lowest BCUT2D eigenvalue weighted by atomic mass is 9.85. The van der Waals surface area contributed by atoms with E-state index in [0.29, 0.717) is 17.8 Å². The molecule has 0 fully saturated rings. The van der Waals surface area contributed by atoms with Crippen molar-refractivity contribution in [1.82, 2.24) is 5.32 Å². The smallest absolute Gasteiger partial charge is 0.131 e. The van der Waals surface area contributed by atoms with E-state index in [-0.39, 0.29) is 12.1 Å². The summed E-state index contributed by atoms with van der Waals surface area (Å²) in [6.07, 6.45) is -0.962. The maximum atomic E-state index is 13.5. The van der Waals surface area contributed by atoms with Gasteiger partial charge in [-0.25, -0.2) is 8.78 Å². The zero-order valence-electron chi connectivity index (χ0n) is 12.7. The molecule has 0 aromatic heterocycles. The van der Waals surface area contributed by atoms with Crippen LogP contribution in [0.2, 0.25) is 0 Å². The molecule has 0 aliphatic carbocycles. The zero-order chi connectivity index (χ0) is 15.3. The normalized spacial score (nSPS) is 13.5. The fourth-order valence-corrected chi connectivity index (χ4v) is 2.51. The molecule has 20 heavy (non-hydrogen) atoms. The Balaban J connectivity index is 2.53. The van der Waals surface area contributed by atoms with Crippen LogP contribution in [0.5, 0.6) is 0 Å². The summed E-state index contributed by atoms with van der Waals surface area (Å²) in [5, 5.41) is 13.1. The second-order valence-electron chi connectivity index (χ2n) is 5.99. The molecule has 114 valence electrons. The second kappa shape index (κ2) is 7.70. The summed E-state index contributed by atoms with van der Waals surface area (Å²) in [5.41, 5.74) is 0.129. The third kappa shape index (κ3) is 4.84. The summed E-state index contributed by atoms with van der Waals surface area (Å²) in [6, 6.07) is 3.25. The topological polar surface area (TPSA) is 32.3 Å². The SMILES string of the molecule is CC(C)C(CNCC(O)c1ccc(F)cc1F)C(C)C. The van der Waals surface area contributed by atoms with Crippen molar-refractivity contribution in [3.63, 3.8) is 0 Å². The molecular formula is C16H25F2NO. The highest BCUT2D eigenvalue weighted by Gasteiger charge is 2.18. The molecule has 4 heteroatoms. The standard InChI is InChI=1S/C16H25F2NO/c1-10(2)14(11(3)4)8-19-9-16(20)13-6-5-12(17)7-15(13)18/h5-7,10-11,14,16,19-20H,8-9H2,1-4H3. The van der Waals surface area contributed by atoms with Gasteiger partial charge in [-0.05, 0) is 30.4 Å². The zero-order valence-corrected chi connectivity index (χ0v) is 12.7. The van der Waals surface area contributed by atoms with Crippen LogP contribution >= 0.6 is 0 Å². The maximum Gasteiger partial charge on any atom is 0.131 e. The van der Waals surface area contributed by atoms with E-state index in [1.807, 2.05) is 0 Å². The Labute approximate surface area is 120 Å². The van der Waals surface area contributed by atoms with Crippen LogP contribution in [0.1, 0.15) is 39.4 Å². The summed E-state index contributed by atoms with van der Waals surface area (Å²) in [7, 11) is 0. The molecule has 0 radical (unpaired) electrons. The van der Waals surface area contributed by atoms with Gasteiger partial charge in [-0.15, -0.1) is 0 Å². The van der Waals surface area contributed by atoms with Gasteiger partial charge in [0.1, 0.15) is 11.6 Å². The van der Waals surface area contributed by atoms with Gasteiger partial charge in [0.2, 0.25) is 0 Å². The molecule has 0 heterocycles. The molecule has 2 N–H and O–H groups in total. The van der Waals surface area contributed by atoms with Gasteiger partial charge < -0.3 is 10.4 Å². The first-order valence-corrected chi connectivity index (χ1v) is 7.16. The Morgan fingerprint density at radius 2 is 1.65 bits per heavy atom. The molecule has 2 nitrogen and oxygen atoms in total. The van der Waals surface area contributed by atoms with Gasteiger partial charge in [0.25, 0.3) is 0 Å². The van der Waals surface area contributed by atoms with E-state index in [0.717, 1.165) is 18.7 Å². The number of aliphatic hydroxyl groups is 1. The molecule has 1 atom stereocenters. The van der Waals surface area contributed by atoms with Gasteiger partial charge in [-0.3, -0.25) is 0 Å². The highest BCUT2D eigenvalue weighted by Crippen LogP contribution is 2.20. The molecule has 1 aromatic carbocycles. The predicted octanol–water partition coefficient (Wildman–Crippen LogP) is 3.52. The average molecular weight is 285 g/mol. The maximum absolute atomic E-state index is 13.5. The number of aliphatic hydroxyl groups excluding tert-OH is 1. The highest BCUT2D eigenvalue weighted by atomic mass is 19.1. The Bertz CT molecular complexity index is 413. The van der Waals surface area contributed by atoms with Crippen LogP contribution in [0.4, 0.5) is 8.78 Å². The van der Waals surface area contributed by atoms with Gasteiger partial charge in [-0.2, -0.15) is 0 Å². The molecule has 0 aliphatic rings. The number of hydrogen-bond donors (Lipinski definition) is 2. The van der Waals surface area contributed by atoms with E-state index < -0.39 is 17.7 Å². The van der Waals surface area contributed by atoms with Crippen LogP contribution in [-0.4, -0.2) is 18.2 Å². The number of halogens is 2. The molecular weight excluding hydrogens is 260 g/mol. The minimum absolute atomic E-state index is 0.129. The van der Waals surface area contributed by atoms with Gasteiger partial charge in [0, 0.05) is 18.2 Å². The summed E-state index contributed by atoms with van der Waals surface area (Å²) >= 11 is 0. The van der Waals surface area contributed by atoms with Crippen LogP contribution in [0.25, 0.3) is 0 Å². The molecule has 0 amide bonds. The minimum atomic E-state index is -0.962. The highest BCUT2D eigenvalue weighted by molar-refractivity contribution is 5.21. The Morgan fingerprint density at radius 1 is 1.05 bits per heavy atom. The largest absolute Gasteiger partial charge is 0.387 e. The molecule has 1 rings (SSSR count). The molecule has 0 saturated heterocycles. The van der Waals surface area contributed by atoms with E-state index in [2.05, 4.69) is 33.0 Å². The Hall–Kier alpha value is -1.00. The van der Waals surface area contributed by atoms with Crippen molar-refractivity contribution in [1.29, 1.82) is 0 Å². The Kier molecular flexibility index (Phi) is 6.56. The number of hydrogen-bond acceptors (Lipinski definition) is 2. The first-order chi connectivity index (χ1) is 9.32.